The van der Waals surface area contributed by atoms with Crippen molar-refractivity contribution in [2.75, 3.05) is 25.5 Å². The van der Waals surface area contributed by atoms with Gasteiger partial charge in [0.25, 0.3) is 0 Å². The summed E-state index contributed by atoms with van der Waals surface area (Å²) < 4.78 is 0. The standard InChI is InChI=1S/C16H25N3O2/c1-10(2)14-7-12(16(20)21)8-15(18-14)17-13-5-6-19(4)9-11(13)3/h7-8,10-11,13H,5-6,9H2,1-4H3,(H,17,18)(H,20,21). The highest BCUT2D eigenvalue weighted by atomic mass is 16.4. The SMILES string of the molecule is CC(C)c1cc(C(=O)O)cc(NC2CCN(C)CC2C)n1. The molecule has 2 atom stereocenters. The van der Waals surface area contributed by atoms with Crippen LogP contribution in [0.3, 0.4) is 0 Å². The van der Waals surface area contributed by atoms with Gasteiger partial charge in [0.1, 0.15) is 5.82 Å². The van der Waals surface area contributed by atoms with Crippen molar-refractivity contribution in [2.45, 2.75) is 39.2 Å². The zero-order valence-corrected chi connectivity index (χ0v) is 13.3. The molecule has 2 unspecified atom stereocenters. The number of hydrogen-bond acceptors (Lipinski definition) is 4. The molecule has 5 nitrogen and oxygen atoms in total. The molecule has 0 saturated carbocycles. The van der Waals surface area contributed by atoms with Gasteiger partial charge in [-0.25, -0.2) is 9.78 Å². The lowest BCUT2D eigenvalue weighted by molar-refractivity contribution is 0.0696. The third-order valence-electron chi connectivity index (χ3n) is 4.13. The van der Waals surface area contributed by atoms with Crippen molar-refractivity contribution in [1.29, 1.82) is 0 Å². The Morgan fingerprint density at radius 1 is 1.48 bits per heavy atom. The molecule has 5 heteroatoms. The summed E-state index contributed by atoms with van der Waals surface area (Å²) >= 11 is 0. The summed E-state index contributed by atoms with van der Waals surface area (Å²) in [5.74, 6) is 0.500. The van der Waals surface area contributed by atoms with Crippen molar-refractivity contribution in [3.8, 4) is 0 Å². The number of piperidine rings is 1. The molecule has 0 aliphatic carbocycles. The van der Waals surface area contributed by atoms with Gasteiger partial charge in [0, 0.05) is 18.3 Å². The van der Waals surface area contributed by atoms with E-state index < -0.39 is 5.97 Å². The molecule has 0 spiro atoms. The Balaban J connectivity index is 2.20. The fourth-order valence-electron chi connectivity index (χ4n) is 2.80. The van der Waals surface area contributed by atoms with Crippen molar-refractivity contribution in [3.63, 3.8) is 0 Å². The number of anilines is 1. The minimum Gasteiger partial charge on any atom is -0.478 e. The van der Waals surface area contributed by atoms with Crippen molar-refractivity contribution < 1.29 is 9.90 Å². The first-order valence-corrected chi connectivity index (χ1v) is 7.57. The fraction of sp³-hybridized carbons (Fsp3) is 0.625. The van der Waals surface area contributed by atoms with Crippen LogP contribution >= 0.6 is 0 Å². The number of aromatic carboxylic acids is 1. The molecule has 2 rings (SSSR count). The topological polar surface area (TPSA) is 65.5 Å². The van der Waals surface area contributed by atoms with Gasteiger partial charge >= 0.3 is 5.97 Å². The van der Waals surface area contributed by atoms with Gasteiger partial charge in [-0.15, -0.1) is 0 Å². The van der Waals surface area contributed by atoms with E-state index in [0.29, 0.717) is 23.3 Å². The van der Waals surface area contributed by atoms with Crippen LogP contribution in [-0.2, 0) is 0 Å². The van der Waals surface area contributed by atoms with E-state index >= 15 is 0 Å². The number of likely N-dealkylation sites (tertiary alicyclic amines) is 1. The number of nitrogens with one attached hydrogen (secondary N) is 1. The third-order valence-corrected chi connectivity index (χ3v) is 4.13. The van der Waals surface area contributed by atoms with E-state index in [1.807, 2.05) is 13.8 Å². The average molecular weight is 291 g/mol. The zero-order valence-electron chi connectivity index (χ0n) is 13.3. The summed E-state index contributed by atoms with van der Waals surface area (Å²) in [6, 6.07) is 3.65. The molecule has 1 saturated heterocycles. The maximum atomic E-state index is 11.3. The highest BCUT2D eigenvalue weighted by Crippen LogP contribution is 2.22. The summed E-state index contributed by atoms with van der Waals surface area (Å²) in [6.07, 6.45) is 1.05. The Bertz CT molecular complexity index is 516. The Kier molecular flexibility index (Phi) is 4.83. The van der Waals surface area contributed by atoms with Crippen LogP contribution in [0, 0.1) is 5.92 Å². The van der Waals surface area contributed by atoms with Crippen molar-refractivity contribution in [3.05, 3.63) is 23.4 Å². The van der Waals surface area contributed by atoms with Crippen LogP contribution in [0.4, 0.5) is 5.82 Å². The summed E-state index contributed by atoms with van der Waals surface area (Å²) in [6.45, 7) is 8.37. The maximum Gasteiger partial charge on any atom is 0.335 e. The van der Waals surface area contributed by atoms with E-state index in [4.69, 9.17) is 0 Å². The quantitative estimate of drug-likeness (QED) is 0.893. The van der Waals surface area contributed by atoms with E-state index in [0.717, 1.165) is 25.2 Å². The van der Waals surface area contributed by atoms with Crippen LogP contribution in [0.2, 0.25) is 0 Å². The monoisotopic (exact) mass is 291 g/mol. The second-order valence-corrected chi connectivity index (χ2v) is 6.40. The van der Waals surface area contributed by atoms with Crippen molar-refractivity contribution in [2.24, 2.45) is 5.92 Å². The number of carboxylic acid groups (broad SMARTS) is 1. The van der Waals surface area contributed by atoms with Crippen LogP contribution in [0.1, 0.15) is 49.2 Å². The lowest BCUT2D eigenvalue weighted by Gasteiger charge is -2.35. The first-order chi connectivity index (χ1) is 9.86. The number of aromatic nitrogens is 1. The molecular formula is C16H25N3O2. The second-order valence-electron chi connectivity index (χ2n) is 6.40. The highest BCUT2D eigenvalue weighted by molar-refractivity contribution is 5.88. The van der Waals surface area contributed by atoms with E-state index in [-0.39, 0.29) is 5.92 Å². The first-order valence-electron chi connectivity index (χ1n) is 7.57. The summed E-state index contributed by atoms with van der Waals surface area (Å²) in [7, 11) is 2.13. The lowest BCUT2D eigenvalue weighted by atomic mass is 9.94. The predicted molar refractivity (Wildman–Crippen MR) is 84.0 cm³/mol. The molecule has 0 aromatic carbocycles. The molecule has 1 fully saturated rings. The lowest BCUT2D eigenvalue weighted by Crippen LogP contribution is -2.43. The van der Waals surface area contributed by atoms with Gasteiger partial charge in [-0.3, -0.25) is 0 Å². The van der Waals surface area contributed by atoms with Gasteiger partial charge in [-0.2, -0.15) is 0 Å². The Labute approximate surface area is 126 Å². The average Bonchev–Trinajstić information content (AvgIpc) is 2.41. The molecule has 2 heterocycles. The van der Waals surface area contributed by atoms with Crippen LogP contribution in [0.25, 0.3) is 0 Å². The molecule has 116 valence electrons. The summed E-state index contributed by atoms with van der Waals surface area (Å²) in [5, 5.41) is 12.7. The minimum absolute atomic E-state index is 0.208. The zero-order chi connectivity index (χ0) is 15.6. The summed E-state index contributed by atoms with van der Waals surface area (Å²) in [5.41, 5.74) is 1.12. The minimum atomic E-state index is -0.904. The maximum absolute atomic E-state index is 11.3. The Hall–Kier alpha value is -1.62. The number of hydrogen-bond donors (Lipinski definition) is 2. The van der Waals surface area contributed by atoms with E-state index in [1.165, 1.54) is 0 Å². The van der Waals surface area contributed by atoms with E-state index in [9.17, 15) is 9.90 Å². The predicted octanol–water partition coefficient (Wildman–Crippen LogP) is 2.66. The Morgan fingerprint density at radius 2 is 2.19 bits per heavy atom. The molecule has 0 radical (unpaired) electrons. The van der Waals surface area contributed by atoms with E-state index in [1.54, 1.807) is 12.1 Å². The van der Waals surface area contributed by atoms with Gasteiger partial charge in [-0.1, -0.05) is 20.8 Å². The number of pyridine rings is 1. The number of carboxylic acids is 1. The van der Waals surface area contributed by atoms with Crippen LogP contribution < -0.4 is 5.32 Å². The van der Waals surface area contributed by atoms with Gasteiger partial charge in [0.2, 0.25) is 0 Å². The van der Waals surface area contributed by atoms with Crippen LogP contribution in [0.15, 0.2) is 12.1 Å². The van der Waals surface area contributed by atoms with Gasteiger partial charge in [-0.05, 0) is 44.0 Å². The smallest absolute Gasteiger partial charge is 0.335 e. The van der Waals surface area contributed by atoms with Crippen LogP contribution in [0.5, 0.6) is 0 Å². The largest absolute Gasteiger partial charge is 0.478 e. The molecule has 0 bridgehead atoms. The molecule has 1 aromatic rings. The number of nitrogens with zero attached hydrogens (tertiary/aromatic N) is 2. The van der Waals surface area contributed by atoms with Gasteiger partial charge < -0.3 is 15.3 Å². The number of carbonyl (C=O) groups is 1. The molecular weight excluding hydrogens is 266 g/mol. The number of rotatable bonds is 4. The molecule has 21 heavy (non-hydrogen) atoms. The normalized spacial score (nSPS) is 23.3. The molecule has 1 aliphatic rings. The molecule has 0 amide bonds. The Morgan fingerprint density at radius 3 is 2.76 bits per heavy atom. The van der Waals surface area contributed by atoms with E-state index in [2.05, 4.69) is 29.2 Å². The molecule has 2 N–H and O–H groups in total. The van der Waals surface area contributed by atoms with Crippen molar-refractivity contribution in [1.82, 2.24) is 9.88 Å². The van der Waals surface area contributed by atoms with Crippen molar-refractivity contribution >= 4 is 11.8 Å². The second kappa shape index (κ2) is 6.43. The van der Waals surface area contributed by atoms with Gasteiger partial charge in [0.05, 0.1) is 5.56 Å². The fourth-order valence-corrected chi connectivity index (χ4v) is 2.80. The highest BCUT2D eigenvalue weighted by Gasteiger charge is 2.24. The molecule has 1 aromatic heterocycles. The third kappa shape index (κ3) is 3.94. The molecule has 1 aliphatic heterocycles. The first kappa shape index (κ1) is 15.8. The van der Waals surface area contributed by atoms with Gasteiger partial charge in [0.15, 0.2) is 0 Å². The summed E-state index contributed by atoms with van der Waals surface area (Å²) in [4.78, 5) is 18.2. The van der Waals surface area contributed by atoms with Crippen LogP contribution in [-0.4, -0.2) is 47.1 Å².